The van der Waals surface area contributed by atoms with Crippen LogP contribution in [0.1, 0.15) is 39.0 Å². The molecule has 0 saturated heterocycles. The minimum Gasteiger partial charge on any atom is -0.210 e. The third-order valence-corrected chi connectivity index (χ3v) is 4.01. The van der Waals surface area contributed by atoms with E-state index in [1.165, 1.54) is 0 Å². The third-order valence-electron chi connectivity index (χ3n) is 3.25. The summed E-state index contributed by atoms with van der Waals surface area (Å²) in [6.45, 7) is 2.08. The lowest BCUT2D eigenvalue weighted by Crippen LogP contribution is -2.25. The fourth-order valence-corrected chi connectivity index (χ4v) is 2.48. The summed E-state index contributed by atoms with van der Waals surface area (Å²) in [5.41, 5.74) is -0.0176. The van der Waals surface area contributed by atoms with Gasteiger partial charge in [0.05, 0.1) is 0 Å². The average molecular weight is 234 g/mol. The fraction of sp³-hybridized carbons (Fsp3) is 0.833. The summed E-state index contributed by atoms with van der Waals surface area (Å²) >= 11 is 4.31. The molecule has 0 unspecified atom stereocenters. The molecule has 0 aromatic carbocycles. The molecule has 0 spiro atoms. The van der Waals surface area contributed by atoms with E-state index in [0.29, 0.717) is 18.6 Å². The number of alkyl halides is 2. The van der Waals surface area contributed by atoms with Crippen LogP contribution in [-0.4, -0.2) is 12.2 Å². The number of hydrogen-bond donors (Lipinski definition) is 1. The molecule has 0 fully saturated rings. The van der Waals surface area contributed by atoms with Crippen molar-refractivity contribution in [3.63, 3.8) is 0 Å². The van der Waals surface area contributed by atoms with Crippen LogP contribution in [0, 0.1) is 11.3 Å². The first-order chi connectivity index (χ1) is 7.07. The van der Waals surface area contributed by atoms with Crippen LogP contribution in [0.5, 0.6) is 0 Å². The highest BCUT2D eigenvalue weighted by atomic mass is 32.1. The maximum Gasteiger partial charge on any atom is 0.241 e. The second kappa shape index (κ2) is 5.88. The molecule has 0 amide bonds. The molecule has 1 aliphatic rings. The van der Waals surface area contributed by atoms with Crippen molar-refractivity contribution in [1.29, 1.82) is 0 Å². The summed E-state index contributed by atoms with van der Waals surface area (Å²) in [6, 6.07) is 0. The Labute approximate surface area is 96.5 Å². The highest BCUT2D eigenvalue weighted by molar-refractivity contribution is 7.80. The number of allylic oxidation sites excluding steroid dienone is 2. The van der Waals surface area contributed by atoms with E-state index < -0.39 is 12.3 Å². The van der Waals surface area contributed by atoms with Crippen molar-refractivity contribution in [2.75, 3.05) is 5.75 Å². The summed E-state index contributed by atoms with van der Waals surface area (Å²) in [7, 11) is 0. The van der Waals surface area contributed by atoms with Crippen molar-refractivity contribution in [2.24, 2.45) is 11.3 Å². The Morgan fingerprint density at radius 3 is 2.80 bits per heavy atom. The van der Waals surface area contributed by atoms with Crippen molar-refractivity contribution >= 4 is 12.6 Å². The molecule has 1 rings (SSSR count). The Bertz CT molecular complexity index is 216. The van der Waals surface area contributed by atoms with Crippen LogP contribution in [0.4, 0.5) is 8.78 Å². The molecular formula is C12H20F2S. The van der Waals surface area contributed by atoms with E-state index in [0.717, 1.165) is 19.3 Å². The van der Waals surface area contributed by atoms with Crippen LogP contribution < -0.4 is 0 Å². The highest BCUT2D eigenvalue weighted by Gasteiger charge is 2.30. The molecule has 88 valence electrons. The predicted molar refractivity (Wildman–Crippen MR) is 63.7 cm³/mol. The van der Waals surface area contributed by atoms with Gasteiger partial charge in [0.15, 0.2) is 0 Å². The number of hydrogen-bond acceptors (Lipinski definition) is 1. The monoisotopic (exact) mass is 234 g/mol. The molecule has 0 bridgehead atoms. The molecular weight excluding hydrogens is 214 g/mol. The zero-order valence-corrected chi connectivity index (χ0v) is 10.1. The topological polar surface area (TPSA) is 0 Å². The van der Waals surface area contributed by atoms with Gasteiger partial charge in [-0.3, -0.25) is 0 Å². The van der Waals surface area contributed by atoms with E-state index in [4.69, 9.17) is 0 Å². The van der Waals surface area contributed by atoms with Gasteiger partial charge < -0.3 is 0 Å². The lowest BCUT2D eigenvalue weighted by atomic mass is 9.78. The SMILES string of the molecule is C[C@@]1(CS)CCC/C=C/C[C@@H](C(F)F)C1. The average Bonchev–Trinajstić information content (AvgIpc) is 2.29. The van der Waals surface area contributed by atoms with E-state index in [1.807, 2.05) is 12.2 Å². The molecule has 1 aliphatic carbocycles. The van der Waals surface area contributed by atoms with Gasteiger partial charge in [0.25, 0.3) is 0 Å². The van der Waals surface area contributed by atoms with Crippen molar-refractivity contribution in [1.82, 2.24) is 0 Å². The van der Waals surface area contributed by atoms with Gasteiger partial charge in [-0.25, -0.2) is 8.78 Å². The Morgan fingerprint density at radius 2 is 2.20 bits per heavy atom. The first-order valence-corrected chi connectivity index (χ1v) is 6.25. The molecule has 0 aromatic rings. The number of thiol groups is 1. The molecule has 0 radical (unpaired) electrons. The molecule has 3 heteroatoms. The van der Waals surface area contributed by atoms with Gasteiger partial charge >= 0.3 is 0 Å². The van der Waals surface area contributed by atoms with E-state index in [9.17, 15) is 8.78 Å². The Morgan fingerprint density at radius 1 is 1.47 bits per heavy atom. The number of rotatable bonds is 2. The van der Waals surface area contributed by atoms with Crippen LogP contribution in [0.25, 0.3) is 0 Å². The standard InChI is InChI=1S/C12H20F2S/c1-12(9-15)7-5-3-2-4-6-10(8-12)11(13)14/h2,4,10-11,15H,3,5-9H2,1H3/b4-2+/t10-,12-/m1/s1. The second-order valence-corrected chi connectivity index (χ2v) is 5.18. The molecule has 0 nitrogen and oxygen atoms in total. The van der Waals surface area contributed by atoms with Gasteiger partial charge in [0.1, 0.15) is 0 Å². The molecule has 0 heterocycles. The first-order valence-electron chi connectivity index (χ1n) is 5.61. The lowest BCUT2D eigenvalue weighted by Gasteiger charge is -2.31. The van der Waals surface area contributed by atoms with Crippen LogP contribution in [0.3, 0.4) is 0 Å². The zero-order valence-electron chi connectivity index (χ0n) is 9.26. The van der Waals surface area contributed by atoms with Gasteiger partial charge in [0, 0.05) is 5.92 Å². The minimum atomic E-state index is -2.20. The van der Waals surface area contributed by atoms with Crippen molar-refractivity contribution in [3.05, 3.63) is 12.2 Å². The largest absolute Gasteiger partial charge is 0.241 e. The van der Waals surface area contributed by atoms with Crippen LogP contribution >= 0.6 is 12.6 Å². The predicted octanol–water partition coefficient (Wildman–Crippen LogP) is 4.32. The van der Waals surface area contributed by atoms with E-state index >= 15 is 0 Å². The molecule has 0 saturated carbocycles. The lowest BCUT2D eigenvalue weighted by molar-refractivity contribution is 0.0511. The molecule has 2 atom stereocenters. The van der Waals surface area contributed by atoms with Gasteiger partial charge in [0.2, 0.25) is 6.43 Å². The van der Waals surface area contributed by atoms with Crippen molar-refractivity contribution in [2.45, 2.75) is 45.5 Å². The van der Waals surface area contributed by atoms with Crippen molar-refractivity contribution < 1.29 is 8.78 Å². The summed E-state index contributed by atoms with van der Waals surface area (Å²) in [5, 5.41) is 0. The summed E-state index contributed by atoms with van der Waals surface area (Å²) < 4.78 is 25.6. The third kappa shape index (κ3) is 4.13. The Balaban J connectivity index is 2.69. The fourth-order valence-electron chi connectivity index (χ4n) is 2.19. The van der Waals surface area contributed by atoms with Gasteiger partial charge in [-0.15, -0.1) is 0 Å². The van der Waals surface area contributed by atoms with Crippen LogP contribution in [0.15, 0.2) is 12.2 Å². The van der Waals surface area contributed by atoms with E-state index in [1.54, 1.807) is 0 Å². The first kappa shape index (κ1) is 13.0. The maximum absolute atomic E-state index is 12.8. The summed E-state index contributed by atoms with van der Waals surface area (Å²) in [5.74, 6) is 0.215. The second-order valence-electron chi connectivity index (χ2n) is 4.87. The van der Waals surface area contributed by atoms with E-state index in [2.05, 4.69) is 19.6 Å². The summed E-state index contributed by atoms with van der Waals surface area (Å²) in [6.07, 6.45) is 5.97. The van der Waals surface area contributed by atoms with Crippen LogP contribution in [-0.2, 0) is 0 Å². The van der Waals surface area contributed by atoms with E-state index in [-0.39, 0.29) is 5.41 Å². The molecule has 15 heavy (non-hydrogen) atoms. The smallest absolute Gasteiger partial charge is 0.210 e. The maximum atomic E-state index is 12.8. The van der Waals surface area contributed by atoms with Gasteiger partial charge in [-0.05, 0) is 43.3 Å². The Hall–Kier alpha value is -0.0500. The van der Waals surface area contributed by atoms with Crippen molar-refractivity contribution in [3.8, 4) is 0 Å². The van der Waals surface area contributed by atoms with Gasteiger partial charge in [-0.1, -0.05) is 19.1 Å². The number of halogens is 2. The highest BCUT2D eigenvalue weighted by Crippen LogP contribution is 2.37. The van der Waals surface area contributed by atoms with Crippen LogP contribution in [0.2, 0.25) is 0 Å². The Kier molecular flexibility index (Phi) is 5.10. The minimum absolute atomic E-state index is 0.0176. The van der Waals surface area contributed by atoms with Gasteiger partial charge in [-0.2, -0.15) is 12.6 Å². The zero-order chi connectivity index (χ0) is 11.3. The molecule has 0 aromatic heterocycles. The quantitative estimate of drug-likeness (QED) is 0.534. The molecule has 0 N–H and O–H groups in total. The summed E-state index contributed by atoms with van der Waals surface area (Å²) in [4.78, 5) is 0. The normalized spacial score (nSPS) is 35.7. The molecule has 0 aliphatic heterocycles.